The maximum absolute atomic E-state index is 11.4. The molecule has 0 aromatic carbocycles. The second-order valence-electron chi connectivity index (χ2n) is 4.57. The van der Waals surface area contributed by atoms with E-state index in [-0.39, 0.29) is 0 Å². The number of aromatic nitrogens is 1. The number of carbonyl (C=O) groups is 1. The van der Waals surface area contributed by atoms with E-state index in [1.807, 2.05) is 26.0 Å². The topological polar surface area (TPSA) is 71.5 Å². The minimum Gasteiger partial charge on any atom is -0.481 e. The summed E-state index contributed by atoms with van der Waals surface area (Å²) in [5.74, 6) is -0.182. The summed E-state index contributed by atoms with van der Waals surface area (Å²) < 4.78 is 5.05. The summed E-state index contributed by atoms with van der Waals surface area (Å²) in [5, 5.41) is 12.5. The number of nitrogens with zero attached hydrogens (tertiary/aromatic N) is 1. The van der Waals surface area contributed by atoms with E-state index < -0.39 is 11.4 Å². The van der Waals surface area contributed by atoms with Crippen molar-refractivity contribution < 1.29 is 14.6 Å². The maximum atomic E-state index is 11.4. The van der Waals surface area contributed by atoms with E-state index in [2.05, 4.69) is 10.3 Å². The lowest BCUT2D eigenvalue weighted by molar-refractivity contribution is -0.149. The molecular weight excluding hydrogens is 244 g/mol. The molecule has 1 heterocycles. The SMILES string of the molecule is CCC(CC)(CNCc1cccc(OC)n1)C(=O)O. The smallest absolute Gasteiger partial charge is 0.310 e. The summed E-state index contributed by atoms with van der Waals surface area (Å²) in [7, 11) is 1.57. The van der Waals surface area contributed by atoms with Gasteiger partial charge in [0.25, 0.3) is 0 Å². The van der Waals surface area contributed by atoms with Gasteiger partial charge in [0.05, 0.1) is 18.2 Å². The van der Waals surface area contributed by atoms with Crippen molar-refractivity contribution in [3.63, 3.8) is 0 Å². The van der Waals surface area contributed by atoms with Gasteiger partial charge in [0.15, 0.2) is 0 Å². The molecule has 19 heavy (non-hydrogen) atoms. The highest BCUT2D eigenvalue weighted by Gasteiger charge is 2.34. The highest BCUT2D eigenvalue weighted by atomic mass is 16.5. The summed E-state index contributed by atoms with van der Waals surface area (Å²) in [6.07, 6.45) is 1.22. The molecule has 0 amide bonds. The minimum atomic E-state index is -0.747. The fourth-order valence-corrected chi connectivity index (χ4v) is 1.98. The van der Waals surface area contributed by atoms with Gasteiger partial charge in [-0.1, -0.05) is 19.9 Å². The van der Waals surface area contributed by atoms with Gasteiger partial charge in [-0.2, -0.15) is 0 Å². The number of methoxy groups -OCH3 is 1. The van der Waals surface area contributed by atoms with Crippen LogP contribution < -0.4 is 10.1 Å². The van der Waals surface area contributed by atoms with Crippen LogP contribution in [0.15, 0.2) is 18.2 Å². The van der Waals surface area contributed by atoms with E-state index in [1.165, 1.54) is 0 Å². The maximum Gasteiger partial charge on any atom is 0.310 e. The van der Waals surface area contributed by atoms with Crippen molar-refractivity contribution in [1.82, 2.24) is 10.3 Å². The van der Waals surface area contributed by atoms with E-state index in [0.29, 0.717) is 31.8 Å². The van der Waals surface area contributed by atoms with Crippen molar-refractivity contribution >= 4 is 5.97 Å². The zero-order valence-electron chi connectivity index (χ0n) is 11.8. The first-order valence-corrected chi connectivity index (χ1v) is 6.52. The molecular formula is C14H22N2O3. The van der Waals surface area contributed by atoms with E-state index in [9.17, 15) is 9.90 Å². The molecule has 0 aliphatic rings. The number of rotatable bonds is 8. The Hall–Kier alpha value is -1.62. The highest BCUT2D eigenvalue weighted by molar-refractivity contribution is 5.74. The molecule has 0 fully saturated rings. The third-order valence-electron chi connectivity index (χ3n) is 3.57. The Kier molecular flexibility index (Phi) is 5.76. The first kappa shape index (κ1) is 15.4. The third-order valence-corrected chi connectivity index (χ3v) is 3.57. The van der Waals surface area contributed by atoms with Crippen LogP contribution in [0.4, 0.5) is 0 Å². The average molecular weight is 266 g/mol. The lowest BCUT2D eigenvalue weighted by atomic mass is 9.82. The zero-order chi connectivity index (χ0) is 14.3. The van der Waals surface area contributed by atoms with Crippen LogP contribution in [-0.2, 0) is 11.3 Å². The molecule has 0 spiro atoms. The predicted octanol–water partition coefficient (Wildman–Crippen LogP) is 2.07. The molecule has 0 saturated carbocycles. The first-order chi connectivity index (χ1) is 9.07. The van der Waals surface area contributed by atoms with Crippen LogP contribution in [0.2, 0.25) is 0 Å². The van der Waals surface area contributed by atoms with Gasteiger partial charge in [0.2, 0.25) is 5.88 Å². The molecule has 2 N–H and O–H groups in total. The molecule has 1 rings (SSSR count). The molecule has 0 bridgehead atoms. The normalized spacial score (nSPS) is 11.3. The standard InChI is InChI=1S/C14H22N2O3/c1-4-14(5-2,13(17)18)10-15-9-11-7-6-8-12(16-11)19-3/h6-8,15H,4-5,9-10H2,1-3H3,(H,17,18). The highest BCUT2D eigenvalue weighted by Crippen LogP contribution is 2.25. The molecule has 106 valence electrons. The van der Waals surface area contributed by atoms with E-state index >= 15 is 0 Å². The van der Waals surface area contributed by atoms with Crippen molar-refractivity contribution in [3.05, 3.63) is 23.9 Å². The molecule has 0 aliphatic carbocycles. The van der Waals surface area contributed by atoms with Crippen molar-refractivity contribution in [2.75, 3.05) is 13.7 Å². The number of aliphatic carboxylic acids is 1. The van der Waals surface area contributed by atoms with Gasteiger partial charge >= 0.3 is 5.97 Å². The quantitative estimate of drug-likeness (QED) is 0.753. The van der Waals surface area contributed by atoms with Crippen LogP contribution in [0.3, 0.4) is 0 Å². The number of carboxylic acids is 1. The number of nitrogens with one attached hydrogen (secondary N) is 1. The largest absolute Gasteiger partial charge is 0.481 e. The molecule has 0 unspecified atom stereocenters. The Bertz CT molecular complexity index is 417. The fourth-order valence-electron chi connectivity index (χ4n) is 1.98. The van der Waals surface area contributed by atoms with E-state index in [4.69, 9.17) is 4.74 Å². The van der Waals surface area contributed by atoms with Crippen LogP contribution in [0.25, 0.3) is 0 Å². The lowest BCUT2D eigenvalue weighted by Crippen LogP contribution is -2.40. The van der Waals surface area contributed by atoms with Gasteiger partial charge < -0.3 is 15.2 Å². The number of ether oxygens (including phenoxy) is 1. The Balaban J connectivity index is 2.59. The van der Waals surface area contributed by atoms with Crippen LogP contribution >= 0.6 is 0 Å². The minimum absolute atomic E-state index is 0.439. The molecule has 1 aromatic heterocycles. The van der Waals surface area contributed by atoms with E-state index in [1.54, 1.807) is 13.2 Å². The summed E-state index contributed by atoms with van der Waals surface area (Å²) in [5.41, 5.74) is 0.143. The number of hydrogen-bond donors (Lipinski definition) is 2. The van der Waals surface area contributed by atoms with Crippen molar-refractivity contribution in [2.24, 2.45) is 5.41 Å². The average Bonchev–Trinajstić information content (AvgIpc) is 2.44. The third kappa shape index (κ3) is 3.92. The molecule has 5 heteroatoms. The molecule has 5 nitrogen and oxygen atoms in total. The van der Waals surface area contributed by atoms with E-state index in [0.717, 1.165) is 5.69 Å². The number of carboxylic acid groups (broad SMARTS) is 1. The summed E-state index contributed by atoms with van der Waals surface area (Å²) >= 11 is 0. The van der Waals surface area contributed by atoms with Crippen molar-refractivity contribution in [1.29, 1.82) is 0 Å². The van der Waals surface area contributed by atoms with Gasteiger partial charge in [-0.15, -0.1) is 0 Å². The van der Waals surface area contributed by atoms with Gasteiger partial charge in [0, 0.05) is 19.2 Å². The second-order valence-corrected chi connectivity index (χ2v) is 4.57. The molecule has 0 atom stereocenters. The Labute approximate surface area is 114 Å². The van der Waals surface area contributed by atoms with Crippen LogP contribution in [0.5, 0.6) is 5.88 Å². The molecule has 0 radical (unpaired) electrons. The fraction of sp³-hybridized carbons (Fsp3) is 0.571. The van der Waals surface area contributed by atoms with Crippen LogP contribution in [-0.4, -0.2) is 29.7 Å². The first-order valence-electron chi connectivity index (χ1n) is 6.52. The second kappa shape index (κ2) is 7.09. The molecule has 1 aromatic rings. The van der Waals surface area contributed by atoms with Gasteiger partial charge in [-0.3, -0.25) is 4.79 Å². The van der Waals surface area contributed by atoms with Crippen molar-refractivity contribution in [3.8, 4) is 5.88 Å². The Morgan fingerprint density at radius 3 is 2.63 bits per heavy atom. The van der Waals surface area contributed by atoms with Gasteiger partial charge in [-0.05, 0) is 18.9 Å². The van der Waals surface area contributed by atoms with Crippen molar-refractivity contribution in [2.45, 2.75) is 33.2 Å². The Morgan fingerprint density at radius 2 is 2.11 bits per heavy atom. The summed E-state index contributed by atoms with van der Waals surface area (Å²) in [4.78, 5) is 15.6. The number of hydrogen-bond acceptors (Lipinski definition) is 4. The monoisotopic (exact) mass is 266 g/mol. The predicted molar refractivity (Wildman–Crippen MR) is 73.1 cm³/mol. The lowest BCUT2D eigenvalue weighted by Gasteiger charge is -2.26. The zero-order valence-corrected chi connectivity index (χ0v) is 11.8. The van der Waals surface area contributed by atoms with Crippen LogP contribution in [0, 0.1) is 5.41 Å². The Morgan fingerprint density at radius 1 is 1.42 bits per heavy atom. The van der Waals surface area contributed by atoms with Gasteiger partial charge in [0.1, 0.15) is 0 Å². The van der Waals surface area contributed by atoms with Crippen LogP contribution in [0.1, 0.15) is 32.4 Å². The van der Waals surface area contributed by atoms with Gasteiger partial charge in [-0.25, -0.2) is 4.98 Å². The summed E-state index contributed by atoms with van der Waals surface area (Å²) in [6.45, 7) is 4.78. The molecule has 0 saturated heterocycles. The number of pyridine rings is 1. The molecule has 0 aliphatic heterocycles. The summed E-state index contributed by atoms with van der Waals surface area (Å²) in [6, 6.07) is 5.53.